The van der Waals surface area contributed by atoms with Crippen LogP contribution in [-0.2, 0) is 10.0 Å². The summed E-state index contributed by atoms with van der Waals surface area (Å²) in [5, 5.41) is 31.8. The number of sulfonamides is 1. The molecule has 0 aliphatic carbocycles. The Balaban J connectivity index is 2.55. The third-order valence-electron chi connectivity index (χ3n) is 4.06. The number of aliphatic hydroxyl groups is 1. The van der Waals surface area contributed by atoms with Gasteiger partial charge in [-0.05, 0) is 24.6 Å². The number of anilines is 1. The molecule has 0 radical (unpaired) electrons. The van der Waals surface area contributed by atoms with E-state index >= 15 is 0 Å². The quantitative estimate of drug-likeness (QED) is 0.246. The Morgan fingerprint density at radius 2 is 1.82 bits per heavy atom. The molecule has 182 valence electrons. The minimum atomic E-state index is -5.23. The molecule has 1 amide bonds. The van der Waals surface area contributed by atoms with Crippen LogP contribution in [0, 0.1) is 5.82 Å². The molecule has 0 saturated carbocycles. The Labute approximate surface area is 193 Å². The van der Waals surface area contributed by atoms with Gasteiger partial charge in [0, 0.05) is 17.1 Å². The van der Waals surface area contributed by atoms with Crippen molar-refractivity contribution in [1.82, 2.24) is 5.32 Å². The minimum absolute atomic E-state index is 0.0916. The van der Waals surface area contributed by atoms with Gasteiger partial charge in [0.05, 0.1) is 17.4 Å². The van der Waals surface area contributed by atoms with Crippen molar-refractivity contribution in [2.75, 3.05) is 11.3 Å². The first-order valence-corrected chi connectivity index (χ1v) is 11.2. The standard InChI is InChI=1S/C18H17BrF4N2O7S/c1-2-9(26)7-24-17(29)11-5-10(32-18(21,22)23)6-13(15(11)27)25-33(30,31)14-4-8(19)3-12(20)16(14)28/h3-6,9,25-28H,2,7H2,1H3,(H,24,29). The lowest BCUT2D eigenvalue weighted by Gasteiger charge is -2.17. The van der Waals surface area contributed by atoms with E-state index in [0.29, 0.717) is 12.1 Å². The number of hydrogen-bond donors (Lipinski definition) is 5. The Kier molecular flexibility index (Phi) is 8.03. The number of carbonyl (C=O) groups is 1. The minimum Gasteiger partial charge on any atom is -0.505 e. The average molecular weight is 561 g/mol. The number of carbonyl (C=O) groups excluding carboxylic acids is 1. The molecule has 0 heterocycles. The summed E-state index contributed by atoms with van der Waals surface area (Å²) in [6, 6.07) is 2.50. The topological polar surface area (TPSA) is 145 Å². The molecule has 15 heteroatoms. The van der Waals surface area contributed by atoms with Crippen LogP contribution in [0.25, 0.3) is 0 Å². The highest BCUT2D eigenvalue weighted by Crippen LogP contribution is 2.38. The Hall–Kier alpha value is -2.78. The fourth-order valence-corrected chi connectivity index (χ4v) is 4.22. The third-order valence-corrected chi connectivity index (χ3v) is 5.89. The molecule has 2 aromatic rings. The number of phenols is 2. The first-order chi connectivity index (χ1) is 15.1. The van der Waals surface area contributed by atoms with E-state index in [2.05, 4.69) is 26.0 Å². The summed E-state index contributed by atoms with van der Waals surface area (Å²) in [5.41, 5.74) is -1.75. The summed E-state index contributed by atoms with van der Waals surface area (Å²) in [4.78, 5) is 11.3. The zero-order chi connectivity index (χ0) is 25.1. The Morgan fingerprint density at radius 3 is 2.39 bits per heavy atom. The van der Waals surface area contributed by atoms with Crippen LogP contribution < -0.4 is 14.8 Å². The van der Waals surface area contributed by atoms with Gasteiger partial charge in [0.1, 0.15) is 10.6 Å². The van der Waals surface area contributed by atoms with Gasteiger partial charge in [-0.25, -0.2) is 12.8 Å². The summed E-state index contributed by atoms with van der Waals surface area (Å²) in [5.74, 6) is -5.92. The number of alkyl halides is 3. The zero-order valence-electron chi connectivity index (χ0n) is 16.6. The summed E-state index contributed by atoms with van der Waals surface area (Å²) in [6.07, 6.45) is -5.98. The number of hydrogen-bond acceptors (Lipinski definition) is 7. The number of phenolic OH excluding ortho intramolecular Hbond substituents is 2. The van der Waals surface area contributed by atoms with Crippen LogP contribution in [0.4, 0.5) is 23.2 Å². The van der Waals surface area contributed by atoms with Crippen LogP contribution in [-0.4, -0.2) is 48.7 Å². The van der Waals surface area contributed by atoms with Crippen molar-refractivity contribution in [1.29, 1.82) is 0 Å². The van der Waals surface area contributed by atoms with Gasteiger partial charge < -0.3 is 25.4 Å². The molecule has 2 aromatic carbocycles. The molecule has 33 heavy (non-hydrogen) atoms. The van der Waals surface area contributed by atoms with Crippen LogP contribution >= 0.6 is 15.9 Å². The molecule has 0 saturated heterocycles. The highest BCUT2D eigenvalue weighted by molar-refractivity contribution is 9.10. The van der Waals surface area contributed by atoms with Crippen molar-refractivity contribution in [3.63, 3.8) is 0 Å². The highest BCUT2D eigenvalue weighted by atomic mass is 79.9. The first-order valence-electron chi connectivity index (χ1n) is 8.94. The predicted molar refractivity (Wildman–Crippen MR) is 110 cm³/mol. The fourth-order valence-electron chi connectivity index (χ4n) is 2.45. The van der Waals surface area contributed by atoms with Crippen LogP contribution in [0.3, 0.4) is 0 Å². The predicted octanol–water partition coefficient (Wildman–Crippen LogP) is 3.20. The Morgan fingerprint density at radius 1 is 1.18 bits per heavy atom. The number of nitrogens with one attached hydrogen (secondary N) is 2. The van der Waals surface area contributed by atoms with E-state index in [1.807, 2.05) is 0 Å². The van der Waals surface area contributed by atoms with Gasteiger partial charge in [-0.15, -0.1) is 13.2 Å². The van der Waals surface area contributed by atoms with Crippen molar-refractivity contribution >= 4 is 37.5 Å². The number of ether oxygens (including phenoxy) is 1. The normalized spacial score (nSPS) is 12.8. The van der Waals surface area contributed by atoms with Gasteiger partial charge in [0.2, 0.25) is 0 Å². The van der Waals surface area contributed by atoms with E-state index in [1.165, 1.54) is 0 Å². The van der Waals surface area contributed by atoms with Gasteiger partial charge in [0.15, 0.2) is 17.3 Å². The maximum Gasteiger partial charge on any atom is 0.573 e. The van der Waals surface area contributed by atoms with Crippen molar-refractivity contribution in [2.24, 2.45) is 0 Å². The summed E-state index contributed by atoms with van der Waals surface area (Å²) < 4.78 is 82.5. The number of amides is 1. The molecule has 1 atom stereocenters. The maximum absolute atomic E-state index is 13.7. The molecule has 1 unspecified atom stereocenters. The largest absolute Gasteiger partial charge is 0.573 e. The van der Waals surface area contributed by atoms with Crippen LogP contribution in [0.1, 0.15) is 23.7 Å². The van der Waals surface area contributed by atoms with Gasteiger partial charge in [-0.1, -0.05) is 22.9 Å². The molecule has 0 bridgehead atoms. The molecule has 9 nitrogen and oxygen atoms in total. The third kappa shape index (κ3) is 6.85. The average Bonchev–Trinajstić information content (AvgIpc) is 2.69. The SMILES string of the molecule is CCC(O)CNC(=O)c1cc(OC(F)(F)F)cc(NS(=O)(=O)c2cc(Br)cc(F)c2O)c1O. The lowest BCUT2D eigenvalue weighted by molar-refractivity contribution is -0.274. The summed E-state index contributed by atoms with van der Waals surface area (Å²) in [7, 11) is -4.88. The van der Waals surface area contributed by atoms with Gasteiger partial charge in [-0.3, -0.25) is 9.52 Å². The van der Waals surface area contributed by atoms with Crippen LogP contribution in [0.15, 0.2) is 33.6 Å². The zero-order valence-corrected chi connectivity index (χ0v) is 19.0. The number of rotatable bonds is 8. The van der Waals surface area contributed by atoms with Gasteiger partial charge in [0.25, 0.3) is 15.9 Å². The second kappa shape index (κ2) is 10.0. The van der Waals surface area contributed by atoms with Crippen LogP contribution in [0.2, 0.25) is 0 Å². The van der Waals surface area contributed by atoms with Crippen LogP contribution in [0.5, 0.6) is 17.2 Å². The summed E-state index contributed by atoms with van der Waals surface area (Å²) in [6.45, 7) is 1.28. The van der Waals surface area contributed by atoms with E-state index < -0.39 is 67.6 Å². The fraction of sp³-hybridized carbons (Fsp3) is 0.278. The number of benzene rings is 2. The van der Waals surface area contributed by atoms with E-state index in [4.69, 9.17) is 0 Å². The number of aromatic hydroxyl groups is 2. The van der Waals surface area contributed by atoms with E-state index in [1.54, 1.807) is 11.6 Å². The second-order valence-electron chi connectivity index (χ2n) is 6.53. The maximum atomic E-state index is 13.7. The molecular formula is C18H17BrF4N2O7S. The molecule has 0 aliphatic heterocycles. The molecule has 5 N–H and O–H groups in total. The molecule has 0 aromatic heterocycles. The molecule has 2 rings (SSSR count). The molecule has 0 fully saturated rings. The van der Waals surface area contributed by atoms with E-state index in [0.717, 1.165) is 12.1 Å². The second-order valence-corrected chi connectivity index (χ2v) is 9.09. The number of aliphatic hydroxyl groups excluding tert-OH is 1. The number of halogens is 5. The molecular weight excluding hydrogens is 544 g/mol. The molecule has 0 spiro atoms. The van der Waals surface area contributed by atoms with Gasteiger partial charge >= 0.3 is 6.36 Å². The van der Waals surface area contributed by atoms with Gasteiger partial charge in [-0.2, -0.15) is 0 Å². The lowest BCUT2D eigenvalue weighted by atomic mass is 10.1. The van der Waals surface area contributed by atoms with Crippen molar-refractivity contribution in [2.45, 2.75) is 30.7 Å². The highest BCUT2D eigenvalue weighted by Gasteiger charge is 2.33. The first kappa shape index (κ1) is 26.5. The smallest absolute Gasteiger partial charge is 0.505 e. The van der Waals surface area contributed by atoms with Crippen molar-refractivity contribution < 1.29 is 50.8 Å². The monoisotopic (exact) mass is 560 g/mol. The van der Waals surface area contributed by atoms with E-state index in [-0.39, 0.29) is 17.4 Å². The van der Waals surface area contributed by atoms with E-state index in [9.17, 15) is 46.1 Å². The van der Waals surface area contributed by atoms with Crippen molar-refractivity contribution in [3.05, 3.63) is 40.1 Å². The Bertz CT molecular complexity index is 1160. The van der Waals surface area contributed by atoms with Crippen molar-refractivity contribution in [3.8, 4) is 17.2 Å². The summed E-state index contributed by atoms with van der Waals surface area (Å²) >= 11 is 2.84. The molecule has 0 aliphatic rings. The lowest BCUT2D eigenvalue weighted by Crippen LogP contribution is -2.32.